The second-order valence-corrected chi connectivity index (χ2v) is 4.91. The van der Waals surface area contributed by atoms with Gasteiger partial charge in [-0.25, -0.2) is 5.84 Å². The number of rotatable bonds is 5. The number of halogens is 1. The van der Waals surface area contributed by atoms with Gasteiger partial charge in [0.1, 0.15) is 0 Å². The van der Waals surface area contributed by atoms with E-state index in [-0.39, 0.29) is 11.2 Å². The Morgan fingerprint density at radius 1 is 1.56 bits per heavy atom. The van der Waals surface area contributed by atoms with E-state index in [0.29, 0.717) is 5.75 Å². The molecule has 88 valence electrons. The van der Waals surface area contributed by atoms with E-state index in [1.165, 1.54) is 0 Å². The van der Waals surface area contributed by atoms with E-state index in [0.717, 1.165) is 17.0 Å². The zero-order chi connectivity index (χ0) is 12.0. The molecule has 1 atom stereocenters. The lowest BCUT2D eigenvalue weighted by Crippen LogP contribution is -2.37. The van der Waals surface area contributed by atoms with Crippen molar-refractivity contribution >= 4 is 29.3 Å². The fourth-order valence-corrected chi connectivity index (χ4v) is 2.65. The normalized spacial score (nSPS) is 12.2. The minimum atomic E-state index is -0.139. The Kier molecular flexibility index (Phi) is 5.66. The number of thioether (sulfide) groups is 1. The third-order valence-corrected chi connectivity index (χ3v) is 4.00. The summed E-state index contributed by atoms with van der Waals surface area (Å²) in [5.74, 6) is 5.68. The van der Waals surface area contributed by atoms with E-state index in [4.69, 9.17) is 17.4 Å². The van der Waals surface area contributed by atoms with Gasteiger partial charge in [-0.15, -0.1) is 11.8 Å². The molecule has 0 bridgehead atoms. The highest BCUT2D eigenvalue weighted by molar-refractivity contribution is 7.99. The van der Waals surface area contributed by atoms with Crippen LogP contribution in [0.1, 0.15) is 18.9 Å². The predicted molar refractivity (Wildman–Crippen MR) is 69.2 cm³/mol. The van der Waals surface area contributed by atoms with Crippen LogP contribution < -0.4 is 11.3 Å². The molecule has 1 rings (SSSR count). The van der Waals surface area contributed by atoms with E-state index in [1.54, 1.807) is 11.8 Å². The number of carbonyl (C=O) groups excluding carboxylic acids is 1. The number of hydrogen-bond acceptors (Lipinski definition) is 3. The lowest BCUT2D eigenvalue weighted by molar-refractivity contribution is -0.120. The molecule has 3 N–H and O–H groups in total. The molecule has 0 saturated heterocycles. The van der Waals surface area contributed by atoms with Gasteiger partial charge in [-0.05, 0) is 18.1 Å². The summed E-state index contributed by atoms with van der Waals surface area (Å²) in [5.41, 5.74) is 3.21. The van der Waals surface area contributed by atoms with Crippen molar-refractivity contribution in [3.05, 3.63) is 34.9 Å². The molecule has 0 aliphatic carbocycles. The van der Waals surface area contributed by atoms with Gasteiger partial charge in [0, 0.05) is 10.8 Å². The fraction of sp³-hybridized carbons (Fsp3) is 0.364. The summed E-state index contributed by atoms with van der Waals surface area (Å²) in [6.45, 7) is 1.96. The van der Waals surface area contributed by atoms with Crippen molar-refractivity contribution in [1.82, 2.24) is 5.43 Å². The maximum absolute atomic E-state index is 11.4. The molecule has 1 aromatic rings. The molecule has 5 heteroatoms. The van der Waals surface area contributed by atoms with E-state index in [1.807, 2.05) is 31.2 Å². The van der Waals surface area contributed by atoms with E-state index < -0.39 is 0 Å². The largest absolute Gasteiger partial charge is 0.293 e. The quantitative estimate of drug-likeness (QED) is 0.484. The van der Waals surface area contributed by atoms with E-state index in [2.05, 4.69) is 5.43 Å². The van der Waals surface area contributed by atoms with Crippen molar-refractivity contribution in [2.75, 3.05) is 0 Å². The third kappa shape index (κ3) is 3.70. The molecule has 0 aliphatic rings. The summed E-state index contributed by atoms with van der Waals surface area (Å²) in [4.78, 5) is 11.4. The van der Waals surface area contributed by atoms with Crippen molar-refractivity contribution in [3.63, 3.8) is 0 Å². The first kappa shape index (κ1) is 13.4. The highest BCUT2D eigenvalue weighted by atomic mass is 35.5. The zero-order valence-electron chi connectivity index (χ0n) is 9.07. The van der Waals surface area contributed by atoms with Crippen LogP contribution in [0.2, 0.25) is 5.02 Å². The fourth-order valence-electron chi connectivity index (χ4n) is 1.28. The van der Waals surface area contributed by atoms with Gasteiger partial charge in [0.15, 0.2) is 0 Å². The van der Waals surface area contributed by atoms with Crippen LogP contribution >= 0.6 is 23.4 Å². The Morgan fingerprint density at radius 3 is 2.81 bits per heavy atom. The van der Waals surface area contributed by atoms with Gasteiger partial charge in [-0.1, -0.05) is 36.7 Å². The van der Waals surface area contributed by atoms with Crippen LogP contribution in [0.5, 0.6) is 0 Å². The molecule has 0 saturated carbocycles. The third-order valence-electron chi connectivity index (χ3n) is 2.20. The minimum absolute atomic E-state index is 0.124. The van der Waals surface area contributed by atoms with E-state index >= 15 is 0 Å². The van der Waals surface area contributed by atoms with Crippen molar-refractivity contribution in [2.45, 2.75) is 24.3 Å². The van der Waals surface area contributed by atoms with Crippen LogP contribution in [0, 0.1) is 0 Å². The molecule has 0 heterocycles. The minimum Gasteiger partial charge on any atom is -0.293 e. The van der Waals surface area contributed by atoms with Gasteiger partial charge >= 0.3 is 0 Å². The number of hydrazine groups is 1. The summed E-state index contributed by atoms with van der Waals surface area (Å²) in [7, 11) is 0. The maximum atomic E-state index is 11.4. The van der Waals surface area contributed by atoms with Crippen molar-refractivity contribution in [1.29, 1.82) is 0 Å². The van der Waals surface area contributed by atoms with Crippen LogP contribution in [0.25, 0.3) is 0 Å². The molecular formula is C11H15ClN2OS. The molecule has 0 aromatic heterocycles. The van der Waals surface area contributed by atoms with Gasteiger partial charge in [0.05, 0.1) is 5.25 Å². The lowest BCUT2D eigenvalue weighted by atomic mass is 10.2. The SMILES string of the molecule is CCC(SCc1ccccc1Cl)C(=O)NN. The number of nitrogens with one attached hydrogen (secondary N) is 1. The van der Waals surface area contributed by atoms with Crippen LogP contribution in [0.3, 0.4) is 0 Å². The first-order valence-corrected chi connectivity index (χ1v) is 6.47. The van der Waals surface area contributed by atoms with Gasteiger partial charge in [-0.3, -0.25) is 10.2 Å². The lowest BCUT2D eigenvalue weighted by Gasteiger charge is -2.12. The highest BCUT2D eigenvalue weighted by Crippen LogP contribution is 2.24. The average molecular weight is 259 g/mol. The first-order valence-electron chi connectivity index (χ1n) is 5.04. The smallest absolute Gasteiger partial charge is 0.246 e. The molecule has 1 aromatic carbocycles. The Labute approximate surface area is 105 Å². The number of carbonyl (C=O) groups is 1. The topological polar surface area (TPSA) is 55.1 Å². The molecular weight excluding hydrogens is 244 g/mol. The molecule has 0 radical (unpaired) electrons. The summed E-state index contributed by atoms with van der Waals surface area (Å²) in [5, 5.41) is 0.610. The average Bonchev–Trinajstić information content (AvgIpc) is 2.31. The summed E-state index contributed by atoms with van der Waals surface area (Å²) in [6.07, 6.45) is 0.748. The monoisotopic (exact) mass is 258 g/mol. The first-order chi connectivity index (χ1) is 7.69. The van der Waals surface area contributed by atoms with Gasteiger partial charge in [-0.2, -0.15) is 0 Å². The standard InChI is InChI=1S/C11H15ClN2OS/c1-2-10(11(15)14-13)16-7-8-5-3-4-6-9(8)12/h3-6,10H,2,7,13H2,1H3,(H,14,15). The zero-order valence-corrected chi connectivity index (χ0v) is 10.6. The second kappa shape index (κ2) is 6.78. The highest BCUT2D eigenvalue weighted by Gasteiger charge is 2.15. The number of benzene rings is 1. The van der Waals surface area contributed by atoms with Crippen molar-refractivity contribution in [2.24, 2.45) is 5.84 Å². The Balaban J connectivity index is 2.56. The van der Waals surface area contributed by atoms with Gasteiger partial charge in [0.2, 0.25) is 5.91 Å². The molecule has 0 spiro atoms. The molecule has 0 aliphatic heterocycles. The van der Waals surface area contributed by atoms with Crippen LogP contribution in [0.4, 0.5) is 0 Å². The van der Waals surface area contributed by atoms with Crippen molar-refractivity contribution < 1.29 is 4.79 Å². The van der Waals surface area contributed by atoms with Gasteiger partial charge < -0.3 is 0 Å². The molecule has 3 nitrogen and oxygen atoms in total. The number of amides is 1. The molecule has 16 heavy (non-hydrogen) atoms. The Bertz CT molecular complexity index is 360. The predicted octanol–water partition coefficient (Wildman–Crippen LogP) is 2.34. The molecule has 1 unspecified atom stereocenters. The Hall–Kier alpha value is -0.710. The number of hydrogen-bond donors (Lipinski definition) is 2. The molecule has 0 fully saturated rings. The summed E-state index contributed by atoms with van der Waals surface area (Å²) >= 11 is 7.57. The maximum Gasteiger partial charge on any atom is 0.246 e. The van der Waals surface area contributed by atoms with Crippen LogP contribution in [-0.4, -0.2) is 11.2 Å². The van der Waals surface area contributed by atoms with E-state index in [9.17, 15) is 4.79 Å². The van der Waals surface area contributed by atoms with Gasteiger partial charge in [0.25, 0.3) is 0 Å². The molecule has 1 amide bonds. The van der Waals surface area contributed by atoms with Crippen LogP contribution in [-0.2, 0) is 10.5 Å². The summed E-state index contributed by atoms with van der Waals surface area (Å²) in [6, 6.07) is 7.63. The number of nitrogens with two attached hydrogens (primary N) is 1. The Morgan fingerprint density at radius 2 is 2.25 bits per heavy atom. The van der Waals surface area contributed by atoms with Crippen LogP contribution in [0.15, 0.2) is 24.3 Å². The second-order valence-electron chi connectivity index (χ2n) is 3.31. The van der Waals surface area contributed by atoms with Crippen molar-refractivity contribution in [3.8, 4) is 0 Å². The summed E-state index contributed by atoms with van der Waals surface area (Å²) < 4.78 is 0.